The summed E-state index contributed by atoms with van der Waals surface area (Å²) in [6.45, 7) is 1.69. The van der Waals surface area contributed by atoms with Crippen molar-refractivity contribution in [2.24, 2.45) is 0 Å². The van der Waals surface area contributed by atoms with E-state index in [-0.39, 0.29) is 6.03 Å². The number of likely N-dealkylation sites (tertiary alicyclic amines) is 1. The van der Waals surface area contributed by atoms with Gasteiger partial charge in [-0.05, 0) is 31.4 Å². The third-order valence-electron chi connectivity index (χ3n) is 2.60. The Morgan fingerprint density at radius 2 is 2.12 bits per heavy atom. The monoisotopic (exact) mass is 283 g/mol. The van der Waals surface area contributed by atoms with E-state index in [1.165, 1.54) is 6.42 Å². The molecule has 1 N–H and O–H groups in total. The number of urea groups is 1. The van der Waals surface area contributed by atoms with Crippen LogP contribution in [0.4, 0.5) is 10.6 Å². The van der Waals surface area contributed by atoms with Crippen LogP contribution in [-0.4, -0.2) is 29.0 Å². The third-order valence-corrected chi connectivity index (χ3v) is 3.09. The van der Waals surface area contributed by atoms with Gasteiger partial charge in [-0.1, -0.05) is 15.9 Å². The third kappa shape index (κ3) is 2.95. The van der Waals surface area contributed by atoms with Crippen molar-refractivity contribution in [1.82, 2.24) is 9.88 Å². The number of hydrogen-bond acceptors (Lipinski definition) is 2. The van der Waals surface area contributed by atoms with Gasteiger partial charge in [-0.25, -0.2) is 9.78 Å². The van der Waals surface area contributed by atoms with Gasteiger partial charge in [0.05, 0.1) is 0 Å². The molecule has 0 saturated carbocycles. The highest BCUT2D eigenvalue weighted by Crippen LogP contribution is 2.14. The number of nitrogens with zero attached hydrogens (tertiary/aromatic N) is 2. The number of piperidine rings is 1. The molecule has 2 heterocycles. The van der Waals surface area contributed by atoms with E-state index in [4.69, 9.17) is 0 Å². The molecule has 0 spiro atoms. The van der Waals surface area contributed by atoms with Crippen molar-refractivity contribution >= 4 is 27.8 Å². The average molecular weight is 284 g/mol. The molecule has 5 heteroatoms. The van der Waals surface area contributed by atoms with Crippen molar-refractivity contribution < 1.29 is 4.79 Å². The first kappa shape index (κ1) is 11.4. The van der Waals surface area contributed by atoms with Gasteiger partial charge in [0.1, 0.15) is 5.82 Å². The summed E-state index contributed by atoms with van der Waals surface area (Å²) < 4.78 is 0.913. The minimum atomic E-state index is -0.0506. The molecule has 0 unspecified atom stereocenters. The van der Waals surface area contributed by atoms with E-state index >= 15 is 0 Å². The van der Waals surface area contributed by atoms with Crippen LogP contribution in [0.2, 0.25) is 0 Å². The molecule has 4 nitrogen and oxygen atoms in total. The minimum absolute atomic E-state index is 0.0506. The van der Waals surface area contributed by atoms with Crippen LogP contribution >= 0.6 is 15.9 Å². The zero-order chi connectivity index (χ0) is 11.4. The molecule has 1 fully saturated rings. The average Bonchev–Trinajstić information content (AvgIpc) is 2.30. The normalized spacial score (nSPS) is 15.9. The second kappa shape index (κ2) is 5.30. The molecule has 2 rings (SSSR count). The maximum Gasteiger partial charge on any atom is 0.323 e. The van der Waals surface area contributed by atoms with Crippen LogP contribution in [-0.2, 0) is 0 Å². The fraction of sp³-hybridized carbons (Fsp3) is 0.455. The first-order valence-corrected chi connectivity index (χ1v) is 6.22. The van der Waals surface area contributed by atoms with E-state index in [1.54, 1.807) is 12.3 Å². The zero-order valence-corrected chi connectivity index (χ0v) is 10.5. The van der Waals surface area contributed by atoms with E-state index in [9.17, 15) is 4.79 Å². The molecule has 2 amide bonds. The number of amides is 2. The fourth-order valence-electron chi connectivity index (χ4n) is 1.76. The standard InChI is InChI=1S/C11H14BrN3O/c12-9-4-5-13-10(8-9)14-11(16)15-6-2-1-3-7-15/h4-5,8H,1-3,6-7H2,(H,13,14,16). The lowest BCUT2D eigenvalue weighted by atomic mass is 10.1. The van der Waals surface area contributed by atoms with Crippen molar-refractivity contribution in [2.75, 3.05) is 18.4 Å². The number of carbonyl (C=O) groups excluding carboxylic acids is 1. The number of rotatable bonds is 1. The van der Waals surface area contributed by atoms with Crippen LogP contribution < -0.4 is 5.32 Å². The summed E-state index contributed by atoms with van der Waals surface area (Å²) in [7, 11) is 0. The molecule has 0 atom stereocenters. The smallest absolute Gasteiger partial charge is 0.323 e. The second-order valence-corrected chi connectivity index (χ2v) is 4.75. The molecular formula is C11H14BrN3O. The Hall–Kier alpha value is -1.10. The zero-order valence-electron chi connectivity index (χ0n) is 8.95. The summed E-state index contributed by atoms with van der Waals surface area (Å²) in [4.78, 5) is 17.8. The summed E-state index contributed by atoms with van der Waals surface area (Å²) in [6, 6.07) is 3.57. The Bertz CT molecular complexity index is 377. The van der Waals surface area contributed by atoms with Crippen LogP contribution in [0.3, 0.4) is 0 Å². The molecular weight excluding hydrogens is 270 g/mol. The largest absolute Gasteiger partial charge is 0.325 e. The maximum atomic E-state index is 11.8. The molecule has 0 aromatic carbocycles. The Labute approximate surface area is 103 Å². The van der Waals surface area contributed by atoms with Crippen LogP contribution in [0.1, 0.15) is 19.3 Å². The summed E-state index contributed by atoms with van der Waals surface area (Å²) in [5, 5.41) is 2.80. The lowest BCUT2D eigenvalue weighted by Gasteiger charge is -2.26. The molecule has 16 heavy (non-hydrogen) atoms. The van der Waals surface area contributed by atoms with Crippen molar-refractivity contribution in [3.63, 3.8) is 0 Å². The van der Waals surface area contributed by atoms with E-state index in [0.717, 1.165) is 30.4 Å². The first-order chi connectivity index (χ1) is 7.75. The molecule has 86 valence electrons. The molecule has 1 aromatic heterocycles. The highest BCUT2D eigenvalue weighted by atomic mass is 79.9. The van der Waals surface area contributed by atoms with Crippen molar-refractivity contribution in [2.45, 2.75) is 19.3 Å². The first-order valence-electron chi connectivity index (χ1n) is 5.43. The Balaban J connectivity index is 1.96. The second-order valence-electron chi connectivity index (χ2n) is 3.84. The summed E-state index contributed by atoms with van der Waals surface area (Å²) >= 11 is 3.34. The van der Waals surface area contributed by atoms with Crippen LogP contribution in [0, 0.1) is 0 Å². The van der Waals surface area contributed by atoms with Gasteiger partial charge in [-0.3, -0.25) is 5.32 Å². The molecule has 1 aromatic rings. The lowest BCUT2D eigenvalue weighted by Crippen LogP contribution is -2.38. The van der Waals surface area contributed by atoms with E-state index in [2.05, 4.69) is 26.2 Å². The van der Waals surface area contributed by atoms with Gasteiger partial charge in [-0.15, -0.1) is 0 Å². The summed E-state index contributed by atoms with van der Waals surface area (Å²) in [5.74, 6) is 0.588. The Kier molecular flexibility index (Phi) is 3.77. The number of hydrogen-bond donors (Lipinski definition) is 1. The van der Waals surface area contributed by atoms with Gasteiger partial charge < -0.3 is 4.90 Å². The van der Waals surface area contributed by atoms with Crippen molar-refractivity contribution in [3.05, 3.63) is 22.8 Å². The molecule has 1 saturated heterocycles. The number of halogens is 1. The van der Waals surface area contributed by atoms with Crippen LogP contribution in [0.5, 0.6) is 0 Å². The number of nitrogens with one attached hydrogen (secondary N) is 1. The minimum Gasteiger partial charge on any atom is -0.325 e. The number of pyridine rings is 1. The molecule has 0 radical (unpaired) electrons. The van der Waals surface area contributed by atoms with Crippen LogP contribution in [0.15, 0.2) is 22.8 Å². The van der Waals surface area contributed by atoms with Crippen LogP contribution in [0.25, 0.3) is 0 Å². The van der Waals surface area contributed by atoms with Crippen molar-refractivity contribution in [1.29, 1.82) is 0 Å². The maximum absolute atomic E-state index is 11.8. The van der Waals surface area contributed by atoms with Gasteiger partial charge in [0, 0.05) is 23.8 Å². The number of anilines is 1. The Morgan fingerprint density at radius 1 is 1.38 bits per heavy atom. The molecule has 1 aliphatic heterocycles. The predicted octanol–water partition coefficient (Wildman–Crippen LogP) is 2.86. The van der Waals surface area contributed by atoms with E-state index in [1.807, 2.05) is 11.0 Å². The molecule has 0 bridgehead atoms. The SMILES string of the molecule is O=C(Nc1cc(Br)ccn1)N1CCCCC1. The lowest BCUT2D eigenvalue weighted by molar-refractivity contribution is 0.200. The predicted molar refractivity (Wildman–Crippen MR) is 66.4 cm³/mol. The summed E-state index contributed by atoms with van der Waals surface area (Å²) in [6.07, 6.45) is 5.08. The van der Waals surface area contributed by atoms with Gasteiger partial charge in [0.15, 0.2) is 0 Å². The van der Waals surface area contributed by atoms with Gasteiger partial charge >= 0.3 is 6.03 Å². The van der Waals surface area contributed by atoms with E-state index < -0.39 is 0 Å². The molecule has 1 aliphatic rings. The van der Waals surface area contributed by atoms with Gasteiger partial charge in [0.25, 0.3) is 0 Å². The van der Waals surface area contributed by atoms with Crippen molar-refractivity contribution in [3.8, 4) is 0 Å². The topological polar surface area (TPSA) is 45.2 Å². The highest BCUT2D eigenvalue weighted by Gasteiger charge is 2.16. The van der Waals surface area contributed by atoms with E-state index in [0.29, 0.717) is 5.82 Å². The number of aromatic nitrogens is 1. The highest BCUT2D eigenvalue weighted by molar-refractivity contribution is 9.10. The fourth-order valence-corrected chi connectivity index (χ4v) is 2.09. The number of carbonyl (C=O) groups is 1. The Morgan fingerprint density at radius 3 is 2.81 bits per heavy atom. The van der Waals surface area contributed by atoms with Gasteiger partial charge in [0.2, 0.25) is 0 Å². The quantitative estimate of drug-likeness (QED) is 0.861. The summed E-state index contributed by atoms with van der Waals surface area (Å²) in [5.41, 5.74) is 0. The van der Waals surface area contributed by atoms with Gasteiger partial charge in [-0.2, -0.15) is 0 Å². The molecule has 0 aliphatic carbocycles.